The molecule has 0 radical (unpaired) electrons. The number of hydrogen-bond acceptors (Lipinski definition) is 5. The number of thiophene rings is 1. The maximum absolute atomic E-state index is 12.4. The van der Waals surface area contributed by atoms with E-state index in [1.807, 2.05) is 45.9 Å². The van der Waals surface area contributed by atoms with Crippen LogP contribution in [0.3, 0.4) is 0 Å². The zero-order valence-corrected chi connectivity index (χ0v) is 16.4. The van der Waals surface area contributed by atoms with Gasteiger partial charge in [-0.25, -0.2) is 9.97 Å². The summed E-state index contributed by atoms with van der Waals surface area (Å²) in [4.78, 5) is 23.3. The van der Waals surface area contributed by atoms with Crippen molar-refractivity contribution in [3.8, 4) is 10.4 Å². The molecule has 2 aromatic heterocycles. The normalized spacial score (nSPS) is 13.0. The molecule has 1 amide bonds. The van der Waals surface area contributed by atoms with Gasteiger partial charge in [0.15, 0.2) is 0 Å². The third-order valence-electron chi connectivity index (χ3n) is 3.51. The highest BCUT2D eigenvalue weighted by molar-refractivity contribution is 8.00. The second-order valence-electron chi connectivity index (χ2n) is 6.87. The summed E-state index contributed by atoms with van der Waals surface area (Å²) in [5.41, 5.74) is 0.926. The minimum atomic E-state index is -0.240. The molecule has 0 aliphatic rings. The third kappa shape index (κ3) is 4.38. The lowest BCUT2D eigenvalue weighted by Gasteiger charge is -2.22. The molecule has 3 rings (SSSR count). The maximum atomic E-state index is 12.4. The summed E-state index contributed by atoms with van der Waals surface area (Å²) in [5, 5.41) is 4.65. The Morgan fingerprint density at radius 1 is 1.20 bits per heavy atom. The number of aromatic nitrogens is 2. The first kappa shape index (κ1) is 17.9. The number of hydrogen-bond donors (Lipinski definition) is 1. The highest BCUT2D eigenvalue weighted by atomic mass is 32.2. The molecule has 0 unspecified atom stereocenters. The quantitative estimate of drug-likeness (QED) is 0.531. The second kappa shape index (κ2) is 7.14. The SMILES string of the molecule is C[C@H](Sc1ncnc2sc(-c3ccccc3)cc12)C(=O)NC(C)(C)C. The predicted molar refractivity (Wildman–Crippen MR) is 106 cm³/mol. The van der Waals surface area contributed by atoms with Crippen molar-refractivity contribution >= 4 is 39.2 Å². The van der Waals surface area contributed by atoms with Crippen molar-refractivity contribution in [2.24, 2.45) is 0 Å². The highest BCUT2D eigenvalue weighted by Gasteiger charge is 2.22. The fraction of sp³-hybridized carbons (Fsp3) is 0.316. The van der Waals surface area contributed by atoms with Gasteiger partial charge in [-0.1, -0.05) is 42.1 Å². The van der Waals surface area contributed by atoms with Crippen LogP contribution in [0, 0.1) is 0 Å². The van der Waals surface area contributed by atoms with Crippen LogP contribution >= 0.6 is 23.1 Å². The van der Waals surface area contributed by atoms with Crippen molar-refractivity contribution in [2.45, 2.75) is 43.5 Å². The molecule has 0 aliphatic carbocycles. The molecule has 4 nitrogen and oxygen atoms in total. The van der Waals surface area contributed by atoms with Crippen molar-refractivity contribution in [1.29, 1.82) is 0 Å². The molecule has 0 saturated heterocycles. The van der Waals surface area contributed by atoms with Crippen LogP contribution in [0.5, 0.6) is 0 Å². The molecule has 0 spiro atoms. The van der Waals surface area contributed by atoms with Crippen molar-refractivity contribution in [2.75, 3.05) is 0 Å². The summed E-state index contributed by atoms with van der Waals surface area (Å²) in [6.45, 7) is 7.85. The number of carbonyl (C=O) groups is 1. The fourth-order valence-electron chi connectivity index (χ4n) is 2.36. The monoisotopic (exact) mass is 371 g/mol. The molecule has 6 heteroatoms. The van der Waals surface area contributed by atoms with Crippen LogP contribution in [0.25, 0.3) is 20.7 Å². The smallest absolute Gasteiger partial charge is 0.233 e. The van der Waals surface area contributed by atoms with E-state index in [-0.39, 0.29) is 16.7 Å². The van der Waals surface area contributed by atoms with Crippen LogP contribution in [0.15, 0.2) is 47.8 Å². The molecule has 3 aromatic rings. The van der Waals surface area contributed by atoms with Crippen molar-refractivity contribution < 1.29 is 4.79 Å². The van der Waals surface area contributed by atoms with E-state index in [0.717, 1.165) is 20.1 Å². The minimum Gasteiger partial charge on any atom is -0.351 e. The van der Waals surface area contributed by atoms with Gasteiger partial charge in [-0.15, -0.1) is 11.3 Å². The first-order chi connectivity index (χ1) is 11.8. The van der Waals surface area contributed by atoms with Crippen LogP contribution in [0.2, 0.25) is 0 Å². The maximum Gasteiger partial charge on any atom is 0.233 e. The van der Waals surface area contributed by atoms with E-state index in [0.29, 0.717) is 0 Å². The van der Waals surface area contributed by atoms with Gasteiger partial charge in [0, 0.05) is 15.8 Å². The Balaban J connectivity index is 1.87. The number of thioether (sulfide) groups is 1. The van der Waals surface area contributed by atoms with E-state index in [1.54, 1.807) is 17.7 Å². The summed E-state index contributed by atoms with van der Waals surface area (Å²) in [6, 6.07) is 12.4. The van der Waals surface area contributed by atoms with Gasteiger partial charge in [0.05, 0.1) is 5.25 Å². The lowest BCUT2D eigenvalue weighted by molar-refractivity contribution is -0.121. The molecule has 0 bridgehead atoms. The first-order valence-electron chi connectivity index (χ1n) is 8.12. The Bertz CT molecular complexity index is 885. The van der Waals surface area contributed by atoms with E-state index in [9.17, 15) is 4.79 Å². The van der Waals surface area contributed by atoms with Crippen LogP contribution in [0.4, 0.5) is 0 Å². The zero-order chi connectivity index (χ0) is 18.0. The molecule has 130 valence electrons. The summed E-state index contributed by atoms with van der Waals surface area (Å²) in [7, 11) is 0. The fourth-order valence-corrected chi connectivity index (χ4v) is 4.33. The minimum absolute atomic E-state index is 0.0165. The summed E-state index contributed by atoms with van der Waals surface area (Å²) in [5.74, 6) is 0.0165. The zero-order valence-electron chi connectivity index (χ0n) is 14.7. The number of fused-ring (bicyclic) bond motifs is 1. The topological polar surface area (TPSA) is 54.9 Å². The average molecular weight is 372 g/mol. The molecule has 1 atom stereocenters. The Labute approximate surface area is 156 Å². The van der Waals surface area contributed by atoms with E-state index >= 15 is 0 Å². The van der Waals surface area contributed by atoms with Gasteiger partial charge in [-0.2, -0.15) is 0 Å². The average Bonchev–Trinajstić information content (AvgIpc) is 2.99. The molecule has 1 aromatic carbocycles. The van der Waals surface area contributed by atoms with Crippen LogP contribution in [-0.2, 0) is 4.79 Å². The molecule has 1 N–H and O–H groups in total. The van der Waals surface area contributed by atoms with Crippen molar-refractivity contribution in [3.05, 3.63) is 42.7 Å². The molecular weight excluding hydrogens is 350 g/mol. The van der Waals surface area contributed by atoms with Gasteiger partial charge in [0.1, 0.15) is 16.2 Å². The number of nitrogens with zero attached hydrogens (tertiary/aromatic N) is 2. The number of benzene rings is 1. The van der Waals surface area contributed by atoms with Gasteiger partial charge in [-0.3, -0.25) is 4.79 Å². The van der Waals surface area contributed by atoms with Gasteiger partial charge in [0.2, 0.25) is 5.91 Å². The van der Waals surface area contributed by atoms with E-state index in [4.69, 9.17) is 0 Å². The predicted octanol–water partition coefficient (Wildman–Crippen LogP) is 4.75. The summed E-state index contributed by atoms with van der Waals surface area (Å²) >= 11 is 3.12. The lowest BCUT2D eigenvalue weighted by Crippen LogP contribution is -2.44. The van der Waals surface area contributed by atoms with Gasteiger partial charge in [0.25, 0.3) is 0 Å². The van der Waals surface area contributed by atoms with Crippen LogP contribution in [0.1, 0.15) is 27.7 Å². The van der Waals surface area contributed by atoms with Gasteiger partial charge >= 0.3 is 0 Å². The highest BCUT2D eigenvalue weighted by Crippen LogP contribution is 2.37. The number of amides is 1. The van der Waals surface area contributed by atoms with E-state index in [2.05, 4.69) is 33.5 Å². The number of nitrogens with one attached hydrogen (secondary N) is 1. The summed E-state index contributed by atoms with van der Waals surface area (Å²) in [6.07, 6.45) is 1.57. The van der Waals surface area contributed by atoms with E-state index in [1.165, 1.54) is 17.3 Å². The molecule has 25 heavy (non-hydrogen) atoms. The van der Waals surface area contributed by atoms with Crippen LogP contribution in [-0.4, -0.2) is 26.7 Å². The molecule has 0 aliphatic heterocycles. The largest absolute Gasteiger partial charge is 0.351 e. The van der Waals surface area contributed by atoms with Crippen molar-refractivity contribution in [3.63, 3.8) is 0 Å². The van der Waals surface area contributed by atoms with Crippen LogP contribution < -0.4 is 5.32 Å². The standard InChI is InChI=1S/C19H21N3OS2/c1-12(16(23)22-19(2,3)4)24-17-14-10-15(13-8-6-5-7-9-13)25-18(14)21-11-20-17/h5-12H,1-4H3,(H,22,23)/t12-/m0/s1. The Morgan fingerprint density at radius 2 is 1.92 bits per heavy atom. The molecular formula is C19H21N3OS2. The lowest BCUT2D eigenvalue weighted by atomic mass is 10.1. The van der Waals surface area contributed by atoms with E-state index < -0.39 is 0 Å². The third-order valence-corrected chi connectivity index (χ3v) is 5.72. The summed E-state index contributed by atoms with van der Waals surface area (Å²) < 4.78 is 0. The number of rotatable bonds is 4. The Hall–Kier alpha value is -1.92. The Morgan fingerprint density at radius 3 is 2.60 bits per heavy atom. The molecule has 0 saturated carbocycles. The molecule has 0 fully saturated rings. The van der Waals surface area contributed by atoms with Crippen molar-refractivity contribution in [1.82, 2.24) is 15.3 Å². The number of carbonyl (C=O) groups excluding carboxylic acids is 1. The first-order valence-corrected chi connectivity index (χ1v) is 9.82. The van der Waals surface area contributed by atoms with Gasteiger partial charge in [-0.05, 0) is 39.3 Å². The van der Waals surface area contributed by atoms with Gasteiger partial charge < -0.3 is 5.32 Å². The second-order valence-corrected chi connectivity index (χ2v) is 9.23. The molecule has 2 heterocycles. The Kier molecular flexibility index (Phi) is 5.11.